The van der Waals surface area contributed by atoms with E-state index in [1.165, 1.54) is 7.05 Å². The van der Waals surface area contributed by atoms with Gasteiger partial charge in [-0.3, -0.25) is 9.59 Å². The number of methoxy groups -OCH3 is 1. The van der Waals surface area contributed by atoms with E-state index >= 15 is 0 Å². The fraction of sp³-hybridized carbons (Fsp3) is 0.500. The van der Waals surface area contributed by atoms with Crippen molar-refractivity contribution in [3.05, 3.63) is 23.8 Å². The molecular formula is C16H19NO5. The van der Waals surface area contributed by atoms with Gasteiger partial charge < -0.3 is 19.5 Å². The van der Waals surface area contributed by atoms with Crippen LogP contribution in [-0.2, 0) is 14.3 Å². The third-order valence-corrected chi connectivity index (χ3v) is 4.33. The van der Waals surface area contributed by atoms with Gasteiger partial charge in [-0.15, -0.1) is 0 Å². The minimum Gasteiger partial charge on any atom is -0.497 e. The average molecular weight is 305 g/mol. The monoisotopic (exact) mass is 305 g/mol. The highest BCUT2D eigenvalue weighted by atomic mass is 16.6. The lowest BCUT2D eigenvalue weighted by molar-refractivity contribution is -0.178. The molecule has 0 spiro atoms. The first kappa shape index (κ1) is 14.7. The Hall–Kier alpha value is -2.24. The topological polar surface area (TPSA) is 73.9 Å². The molecule has 0 radical (unpaired) electrons. The van der Waals surface area contributed by atoms with E-state index in [0.29, 0.717) is 17.9 Å². The Bertz CT molecular complexity index is 629. The van der Waals surface area contributed by atoms with Gasteiger partial charge in [-0.25, -0.2) is 0 Å². The number of carbonyl (C=O) groups is 2. The van der Waals surface area contributed by atoms with E-state index in [9.17, 15) is 9.59 Å². The lowest BCUT2D eigenvalue weighted by atomic mass is 9.76. The molecule has 0 unspecified atom stereocenters. The van der Waals surface area contributed by atoms with Crippen LogP contribution in [0.1, 0.15) is 24.8 Å². The third kappa shape index (κ3) is 2.28. The van der Waals surface area contributed by atoms with Gasteiger partial charge in [-0.2, -0.15) is 0 Å². The third-order valence-electron chi connectivity index (χ3n) is 4.33. The molecule has 0 aromatic heterocycles. The Morgan fingerprint density at radius 3 is 2.91 bits per heavy atom. The molecule has 1 saturated heterocycles. The summed E-state index contributed by atoms with van der Waals surface area (Å²) in [5.74, 6) is -0.670. The normalized spacial score (nSPS) is 29.5. The van der Waals surface area contributed by atoms with Gasteiger partial charge >= 0.3 is 5.97 Å². The van der Waals surface area contributed by atoms with Crippen LogP contribution in [-0.4, -0.2) is 38.2 Å². The maximum absolute atomic E-state index is 12.4. The van der Waals surface area contributed by atoms with E-state index in [2.05, 4.69) is 5.32 Å². The molecule has 1 aromatic rings. The molecule has 22 heavy (non-hydrogen) atoms. The zero-order valence-corrected chi connectivity index (χ0v) is 12.8. The molecule has 1 fully saturated rings. The maximum atomic E-state index is 12.4. The number of carbonyl (C=O) groups excluding carboxylic acids is 2. The molecule has 3 atom stereocenters. The summed E-state index contributed by atoms with van der Waals surface area (Å²) in [7, 11) is 3.10. The lowest BCUT2D eigenvalue weighted by Crippen LogP contribution is -2.50. The van der Waals surface area contributed by atoms with Crippen molar-refractivity contribution < 1.29 is 23.8 Å². The number of hydrogen-bond acceptors (Lipinski definition) is 5. The highest BCUT2D eigenvalue weighted by Gasteiger charge is 2.51. The van der Waals surface area contributed by atoms with Crippen molar-refractivity contribution in [1.29, 1.82) is 0 Å². The van der Waals surface area contributed by atoms with E-state index in [4.69, 9.17) is 14.2 Å². The number of nitrogens with one attached hydrogen (secondary N) is 1. The predicted octanol–water partition coefficient (Wildman–Crippen LogP) is 1.24. The quantitative estimate of drug-likeness (QED) is 0.657. The summed E-state index contributed by atoms with van der Waals surface area (Å²) in [5, 5.41) is 2.55. The number of hydrogen-bond donors (Lipinski definition) is 1. The molecule has 6 nitrogen and oxygen atoms in total. The summed E-state index contributed by atoms with van der Waals surface area (Å²) in [6, 6.07) is 5.44. The molecule has 2 aliphatic heterocycles. The summed E-state index contributed by atoms with van der Waals surface area (Å²) in [4.78, 5) is 24.5. The Balaban J connectivity index is 2.11. The largest absolute Gasteiger partial charge is 0.497 e. The molecule has 3 rings (SSSR count). The average Bonchev–Trinajstić information content (AvgIpc) is 2.62. The van der Waals surface area contributed by atoms with Gasteiger partial charge in [0, 0.05) is 18.5 Å². The molecule has 0 aliphatic carbocycles. The van der Waals surface area contributed by atoms with Gasteiger partial charge in [0.05, 0.1) is 7.11 Å². The second-order valence-electron chi connectivity index (χ2n) is 5.97. The lowest BCUT2D eigenvalue weighted by Gasteiger charge is -2.38. The van der Waals surface area contributed by atoms with E-state index in [0.717, 1.165) is 5.56 Å². The molecule has 0 saturated carbocycles. The van der Waals surface area contributed by atoms with Crippen LogP contribution in [0.3, 0.4) is 0 Å². The van der Waals surface area contributed by atoms with Crippen molar-refractivity contribution in [2.24, 2.45) is 5.92 Å². The van der Waals surface area contributed by atoms with E-state index in [1.807, 2.05) is 19.1 Å². The molecule has 1 aromatic carbocycles. The molecular weight excluding hydrogens is 286 g/mol. The molecule has 2 bridgehead atoms. The van der Waals surface area contributed by atoms with Gasteiger partial charge in [0.15, 0.2) is 0 Å². The van der Waals surface area contributed by atoms with Crippen molar-refractivity contribution >= 4 is 11.9 Å². The Labute approximate surface area is 128 Å². The second-order valence-corrected chi connectivity index (χ2v) is 5.97. The Morgan fingerprint density at radius 2 is 2.23 bits per heavy atom. The zero-order valence-electron chi connectivity index (χ0n) is 12.8. The van der Waals surface area contributed by atoms with Crippen LogP contribution in [0.2, 0.25) is 0 Å². The number of esters is 1. The van der Waals surface area contributed by atoms with E-state index < -0.39 is 17.5 Å². The van der Waals surface area contributed by atoms with Crippen LogP contribution in [0.4, 0.5) is 0 Å². The van der Waals surface area contributed by atoms with Gasteiger partial charge in [0.1, 0.15) is 29.6 Å². The fourth-order valence-corrected chi connectivity index (χ4v) is 3.22. The highest BCUT2D eigenvalue weighted by Crippen LogP contribution is 2.47. The van der Waals surface area contributed by atoms with Crippen molar-refractivity contribution in [3.8, 4) is 11.5 Å². The number of rotatable bonds is 2. The summed E-state index contributed by atoms with van der Waals surface area (Å²) in [5.41, 5.74) is 0.0896. The summed E-state index contributed by atoms with van der Waals surface area (Å²) >= 11 is 0. The molecule has 6 heteroatoms. The molecule has 1 amide bonds. The minimum absolute atomic E-state index is 0.273. The maximum Gasteiger partial charge on any atom is 0.319 e. The van der Waals surface area contributed by atoms with Crippen LogP contribution in [0.25, 0.3) is 0 Å². The van der Waals surface area contributed by atoms with Crippen molar-refractivity contribution in [2.45, 2.75) is 24.9 Å². The second kappa shape index (κ2) is 5.19. The number of benzene rings is 1. The summed E-state index contributed by atoms with van der Waals surface area (Å²) in [6.45, 7) is 2.11. The SMILES string of the molecule is CNC(=O)[C@@H]1C(=O)O[C@@]2(C)COc3ccc(OC)cc3[C@@H]1C2. The van der Waals surface area contributed by atoms with Crippen molar-refractivity contribution in [2.75, 3.05) is 20.8 Å². The number of amides is 1. The number of ether oxygens (including phenoxy) is 3. The fourth-order valence-electron chi connectivity index (χ4n) is 3.22. The van der Waals surface area contributed by atoms with E-state index in [1.54, 1.807) is 13.2 Å². The first-order valence-corrected chi connectivity index (χ1v) is 7.22. The summed E-state index contributed by atoms with van der Waals surface area (Å²) in [6.07, 6.45) is 0.539. The van der Waals surface area contributed by atoms with Crippen LogP contribution >= 0.6 is 0 Å². The molecule has 1 N–H and O–H groups in total. The Kier molecular flexibility index (Phi) is 3.47. The minimum atomic E-state index is -0.870. The van der Waals surface area contributed by atoms with Gasteiger partial charge in [-0.05, 0) is 31.5 Å². The highest BCUT2D eigenvalue weighted by molar-refractivity contribution is 5.99. The first-order chi connectivity index (χ1) is 10.5. The van der Waals surface area contributed by atoms with Crippen molar-refractivity contribution in [1.82, 2.24) is 5.32 Å². The first-order valence-electron chi connectivity index (χ1n) is 7.22. The van der Waals surface area contributed by atoms with Crippen LogP contribution in [0, 0.1) is 5.92 Å². The van der Waals surface area contributed by atoms with Crippen LogP contribution < -0.4 is 14.8 Å². The zero-order chi connectivity index (χ0) is 15.9. The van der Waals surface area contributed by atoms with Crippen LogP contribution in [0.15, 0.2) is 18.2 Å². The summed E-state index contributed by atoms with van der Waals surface area (Å²) < 4.78 is 16.6. The van der Waals surface area contributed by atoms with Gasteiger partial charge in [-0.1, -0.05) is 0 Å². The molecule has 118 valence electrons. The van der Waals surface area contributed by atoms with E-state index in [-0.39, 0.29) is 18.4 Å². The van der Waals surface area contributed by atoms with Gasteiger partial charge in [0.25, 0.3) is 0 Å². The smallest absolute Gasteiger partial charge is 0.319 e. The Morgan fingerprint density at radius 1 is 1.45 bits per heavy atom. The number of fused-ring (bicyclic) bond motifs is 4. The standard InChI is InChI=1S/C16H19NO5/c1-16-7-11(13(14(18)17-2)15(19)22-16)10-6-9(20-3)4-5-12(10)21-8-16/h4-6,11,13H,7-8H2,1-3H3,(H,17,18)/t11-,13+,16+/m0/s1. The van der Waals surface area contributed by atoms with Gasteiger partial charge in [0.2, 0.25) is 5.91 Å². The van der Waals surface area contributed by atoms with Crippen molar-refractivity contribution in [3.63, 3.8) is 0 Å². The van der Waals surface area contributed by atoms with Crippen LogP contribution in [0.5, 0.6) is 11.5 Å². The molecule has 2 heterocycles. The predicted molar refractivity (Wildman–Crippen MR) is 77.9 cm³/mol. The molecule has 2 aliphatic rings.